The molecule has 1 saturated heterocycles. The number of amides is 1. The molecule has 32 heavy (non-hydrogen) atoms. The molecular weight excluding hydrogens is 490 g/mol. The molecule has 1 N–H and O–H groups in total. The molecule has 0 unspecified atom stereocenters. The van der Waals surface area contributed by atoms with Gasteiger partial charge in [0.1, 0.15) is 11.4 Å². The third kappa shape index (κ3) is 5.98. The van der Waals surface area contributed by atoms with Crippen molar-refractivity contribution in [3.63, 3.8) is 0 Å². The van der Waals surface area contributed by atoms with Crippen LogP contribution in [-0.4, -0.2) is 59.8 Å². The Morgan fingerprint density at radius 3 is 2.59 bits per heavy atom. The first-order chi connectivity index (χ1) is 15.3. The van der Waals surface area contributed by atoms with Crippen molar-refractivity contribution in [1.29, 1.82) is 0 Å². The van der Waals surface area contributed by atoms with Crippen LogP contribution in [0, 0.1) is 20.2 Å². The van der Waals surface area contributed by atoms with Crippen LogP contribution in [0.3, 0.4) is 0 Å². The molecule has 0 radical (unpaired) electrons. The summed E-state index contributed by atoms with van der Waals surface area (Å²) in [5.74, 6) is 0.349. The number of hydrogen-bond donors (Lipinski definition) is 1. The Morgan fingerprint density at radius 1 is 1.19 bits per heavy atom. The van der Waals surface area contributed by atoms with E-state index in [2.05, 4.69) is 26.5 Å². The highest BCUT2D eigenvalue weighted by atomic mass is 79.9. The van der Waals surface area contributed by atoms with E-state index < -0.39 is 21.2 Å². The maximum atomic E-state index is 12.2. The molecule has 168 valence electrons. The molecule has 1 amide bonds. The number of rotatable bonds is 8. The van der Waals surface area contributed by atoms with Crippen LogP contribution in [0.25, 0.3) is 0 Å². The molecule has 13 heteroatoms. The first-order valence-corrected chi connectivity index (χ1v) is 10.1. The van der Waals surface area contributed by atoms with Crippen LogP contribution in [0.5, 0.6) is 5.75 Å². The fourth-order valence-corrected chi connectivity index (χ4v) is 3.32. The Bertz CT molecular complexity index is 1060. The minimum Gasteiger partial charge on any atom is -0.483 e. The van der Waals surface area contributed by atoms with E-state index in [1.54, 1.807) is 23.1 Å². The predicted molar refractivity (Wildman–Crippen MR) is 118 cm³/mol. The van der Waals surface area contributed by atoms with Gasteiger partial charge < -0.3 is 14.4 Å². The van der Waals surface area contributed by atoms with Crippen LogP contribution in [0.2, 0.25) is 0 Å². The molecule has 0 atom stereocenters. The summed E-state index contributed by atoms with van der Waals surface area (Å²) in [5.41, 5.74) is 2.31. The predicted octanol–water partition coefficient (Wildman–Crippen LogP) is 2.95. The van der Waals surface area contributed by atoms with Gasteiger partial charge in [-0.2, -0.15) is 5.10 Å². The number of benzene rings is 2. The topological polar surface area (TPSA) is 149 Å². The molecule has 2 aromatic rings. The van der Waals surface area contributed by atoms with Gasteiger partial charge in [-0.3, -0.25) is 30.4 Å². The van der Waals surface area contributed by atoms with Gasteiger partial charge in [-0.05, 0) is 45.8 Å². The number of nitro benzene ring substituents is 2. The van der Waals surface area contributed by atoms with Crippen LogP contribution < -0.4 is 10.2 Å². The van der Waals surface area contributed by atoms with E-state index in [4.69, 9.17) is 9.47 Å². The van der Waals surface area contributed by atoms with E-state index in [0.29, 0.717) is 42.1 Å². The maximum absolute atomic E-state index is 12.2. The van der Waals surface area contributed by atoms with Crippen LogP contribution in [-0.2, 0) is 9.53 Å². The second-order valence-electron chi connectivity index (χ2n) is 6.56. The molecule has 0 spiro atoms. The smallest absolute Gasteiger partial charge is 0.301 e. The Morgan fingerprint density at radius 2 is 1.94 bits per heavy atom. The standard InChI is InChI=1S/C19H18BrN5O7/c20-15-9-13(1-4-18(15)32-12-19(26)23-5-7-31-8-6-23)11-21-22-16-3-2-14(24(27)28)10-17(16)25(29)30/h1-4,9-11,22H,5-8,12H2/b21-11-. The fourth-order valence-electron chi connectivity index (χ4n) is 2.81. The second kappa shape index (κ2) is 10.6. The summed E-state index contributed by atoms with van der Waals surface area (Å²) in [6, 6.07) is 8.27. The highest BCUT2D eigenvalue weighted by Crippen LogP contribution is 2.29. The monoisotopic (exact) mass is 507 g/mol. The van der Waals surface area contributed by atoms with E-state index in [9.17, 15) is 25.0 Å². The molecule has 0 saturated carbocycles. The normalized spacial score (nSPS) is 13.7. The first kappa shape index (κ1) is 23.1. The van der Waals surface area contributed by atoms with Gasteiger partial charge in [-0.25, -0.2) is 0 Å². The van der Waals surface area contributed by atoms with Gasteiger partial charge in [0, 0.05) is 19.2 Å². The number of halogens is 1. The van der Waals surface area contributed by atoms with E-state index in [1.807, 2.05) is 0 Å². The molecule has 0 bridgehead atoms. The SMILES string of the molecule is O=C(COc1ccc(/C=N\Nc2ccc([N+](=O)[O-])cc2[N+](=O)[O-])cc1Br)N1CCOCC1. The van der Waals surface area contributed by atoms with Gasteiger partial charge in [0.25, 0.3) is 11.6 Å². The van der Waals surface area contributed by atoms with Gasteiger partial charge in [-0.1, -0.05) is 0 Å². The molecule has 12 nitrogen and oxygen atoms in total. The number of nitrogens with zero attached hydrogens (tertiary/aromatic N) is 4. The summed E-state index contributed by atoms with van der Waals surface area (Å²) in [7, 11) is 0. The van der Waals surface area contributed by atoms with Crippen LogP contribution >= 0.6 is 15.9 Å². The number of carbonyl (C=O) groups is 1. The molecule has 1 fully saturated rings. The quantitative estimate of drug-likeness (QED) is 0.325. The van der Waals surface area contributed by atoms with Gasteiger partial charge in [0.15, 0.2) is 6.61 Å². The van der Waals surface area contributed by atoms with Gasteiger partial charge in [0.05, 0.1) is 39.8 Å². The van der Waals surface area contributed by atoms with E-state index in [0.717, 1.165) is 12.1 Å². The average molecular weight is 508 g/mol. The van der Waals surface area contributed by atoms with Crippen molar-refractivity contribution in [3.8, 4) is 5.75 Å². The third-order valence-corrected chi connectivity index (χ3v) is 5.08. The molecule has 0 aromatic heterocycles. The summed E-state index contributed by atoms with van der Waals surface area (Å²) in [4.78, 5) is 34.4. The third-order valence-electron chi connectivity index (χ3n) is 4.46. The van der Waals surface area contributed by atoms with Crippen molar-refractivity contribution >= 4 is 45.1 Å². The summed E-state index contributed by atoms with van der Waals surface area (Å²) in [6.07, 6.45) is 1.42. The Balaban J connectivity index is 1.61. The number of hydrogen-bond acceptors (Lipinski definition) is 9. The van der Waals surface area contributed by atoms with Gasteiger partial charge in [-0.15, -0.1) is 0 Å². The minimum absolute atomic E-state index is 0.0116. The van der Waals surface area contributed by atoms with Crippen LogP contribution in [0.15, 0.2) is 46.0 Å². The zero-order valence-corrected chi connectivity index (χ0v) is 18.2. The summed E-state index contributed by atoms with van der Waals surface area (Å²) in [6.45, 7) is 2.01. The number of carbonyl (C=O) groups excluding carboxylic acids is 1. The molecule has 2 aromatic carbocycles. The molecule has 1 aliphatic heterocycles. The van der Waals surface area contributed by atoms with Crippen molar-refractivity contribution < 1.29 is 24.1 Å². The molecule has 3 rings (SSSR count). The molecule has 1 aliphatic rings. The molecule has 0 aliphatic carbocycles. The zero-order chi connectivity index (χ0) is 23.1. The lowest BCUT2D eigenvalue weighted by Gasteiger charge is -2.26. The number of non-ortho nitro benzene ring substituents is 1. The van der Waals surface area contributed by atoms with Gasteiger partial charge >= 0.3 is 5.69 Å². The van der Waals surface area contributed by atoms with Crippen LogP contribution in [0.4, 0.5) is 17.1 Å². The molecular formula is C19H18BrN5O7. The van der Waals surface area contributed by atoms with Crippen LogP contribution in [0.1, 0.15) is 5.56 Å². The van der Waals surface area contributed by atoms with Crippen molar-refractivity contribution in [1.82, 2.24) is 4.90 Å². The first-order valence-electron chi connectivity index (χ1n) is 9.35. The highest BCUT2D eigenvalue weighted by molar-refractivity contribution is 9.10. The van der Waals surface area contributed by atoms with Crippen molar-refractivity contribution in [2.24, 2.45) is 5.10 Å². The number of nitrogens with one attached hydrogen (secondary N) is 1. The minimum atomic E-state index is -0.730. The zero-order valence-electron chi connectivity index (χ0n) is 16.6. The second-order valence-corrected chi connectivity index (χ2v) is 7.41. The Hall–Kier alpha value is -3.58. The Kier molecular flexibility index (Phi) is 7.68. The lowest BCUT2D eigenvalue weighted by atomic mass is 10.2. The highest BCUT2D eigenvalue weighted by Gasteiger charge is 2.19. The number of ether oxygens (including phenoxy) is 2. The average Bonchev–Trinajstić information content (AvgIpc) is 2.78. The van der Waals surface area contributed by atoms with Crippen molar-refractivity contribution in [2.75, 3.05) is 38.3 Å². The maximum Gasteiger partial charge on any atom is 0.301 e. The van der Waals surface area contributed by atoms with Crippen molar-refractivity contribution in [3.05, 3.63) is 66.7 Å². The lowest BCUT2D eigenvalue weighted by Crippen LogP contribution is -2.43. The molecule has 1 heterocycles. The summed E-state index contributed by atoms with van der Waals surface area (Å²) in [5, 5.41) is 25.9. The Labute approximate surface area is 190 Å². The van der Waals surface area contributed by atoms with E-state index in [-0.39, 0.29) is 18.2 Å². The number of morpholine rings is 1. The van der Waals surface area contributed by atoms with Gasteiger partial charge in [0.2, 0.25) is 0 Å². The summed E-state index contributed by atoms with van der Waals surface area (Å²) < 4.78 is 11.4. The fraction of sp³-hybridized carbons (Fsp3) is 0.263. The lowest BCUT2D eigenvalue weighted by molar-refractivity contribution is -0.393. The van der Waals surface area contributed by atoms with E-state index >= 15 is 0 Å². The number of nitro groups is 2. The number of hydrazone groups is 1. The summed E-state index contributed by atoms with van der Waals surface area (Å²) >= 11 is 3.38. The number of anilines is 1. The van der Waals surface area contributed by atoms with E-state index in [1.165, 1.54) is 12.3 Å². The van der Waals surface area contributed by atoms with Crippen molar-refractivity contribution in [2.45, 2.75) is 0 Å². The largest absolute Gasteiger partial charge is 0.483 e.